The van der Waals surface area contributed by atoms with Crippen LogP contribution in [0.5, 0.6) is 0 Å². The van der Waals surface area contributed by atoms with Crippen molar-refractivity contribution in [1.82, 2.24) is 0 Å². The van der Waals surface area contributed by atoms with Gasteiger partial charge in [0.1, 0.15) is 0 Å². The van der Waals surface area contributed by atoms with Crippen LogP contribution in [0.15, 0.2) is 29.2 Å². The molecule has 0 unspecified atom stereocenters. The highest BCUT2D eigenvalue weighted by molar-refractivity contribution is 7.98. The lowest BCUT2D eigenvalue weighted by Gasteiger charge is -2.10. The molecule has 2 nitrogen and oxygen atoms in total. The Morgan fingerprint density at radius 3 is 2.88 bits per heavy atom. The largest absolute Gasteiger partial charge is 0.326 e. The lowest BCUT2D eigenvalue weighted by molar-refractivity contribution is -0.117. The maximum absolute atomic E-state index is 11.9. The first kappa shape index (κ1) is 12.5. The van der Waals surface area contributed by atoms with E-state index < -0.39 is 0 Å². The molecule has 0 aromatic heterocycles. The minimum Gasteiger partial charge on any atom is -0.326 e. The molecule has 1 saturated carbocycles. The first-order valence-corrected chi connectivity index (χ1v) is 7.44. The van der Waals surface area contributed by atoms with Gasteiger partial charge in [0.15, 0.2) is 0 Å². The van der Waals surface area contributed by atoms with Crippen LogP contribution in [0.2, 0.25) is 0 Å². The summed E-state index contributed by atoms with van der Waals surface area (Å²) in [5.74, 6) is 0.772. The number of rotatable bonds is 4. The fourth-order valence-corrected chi connectivity index (χ4v) is 2.85. The topological polar surface area (TPSA) is 29.1 Å². The van der Waals surface area contributed by atoms with E-state index in [0.717, 1.165) is 5.69 Å². The van der Waals surface area contributed by atoms with E-state index in [1.165, 1.54) is 30.6 Å². The van der Waals surface area contributed by atoms with E-state index in [2.05, 4.69) is 11.4 Å². The fraction of sp³-hybridized carbons (Fsp3) is 0.500. The standard InChI is InChI=1S/C14H19NOS/c1-17-13-8-4-7-12(10-13)15-14(16)9-11-5-2-3-6-11/h4,7-8,10-11H,2-3,5-6,9H2,1H3,(H,15,16). The summed E-state index contributed by atoms with van der Waals surface area (Å²) < 4.78 is 0. The third kappa shape index (κ3) is 3.77. The van der Waals surface area contributed by atoms with Crippen LogP contribution in [-0.4, -0.2) is 12.2 Å². The number of thioether (sulfide) groups is 1. The molecule has 92 valence electrons. The number of carbonyl (C=O) groups excluding carboxylic acids is 1. The molecule has 0 heterocycles. The highest BCUT2D eigenvalue weighted by atomic mass is 32.2. The van der Waals surface area contributed by atoms with Crippen LogP contribution in [0.3, 0.4) is 0 Å². The Morgan fingerprint density at radius 2 is 2.18 bits per heavy atom. The molecule has 0 radical (unpaired) electrons. The zero-order chi connectivity index (χ0) is 12.1. The maximum atomic E-state index is 11.9. The Balaban J connectivity index is 1.88. The SMILES string of the molecule is CSc1cccc(NC(=O)CC2CCCC2)c1. The van der Waals surface area contributed by atoms with Gasteiger partial charge in [-0.1, -0.05) is 18.9 Å². The molecule has 1 aromatic rings. The van der Waals surface area contributed by atoms with Crippen LogP contribution in [-0.2, 0) is 4.79 Å². The molecule has 2 rings (SSSR count). The summed E-state index contributed by atoms with van der Waals surface area (Å²) in [4.78, 5) is 13.0. The van der Waals surface area contributed by atoms with E-state index in [1.54, 1.807) is 11.8 Å². The fourth-order valence-electron chi connectivity index (χ4n) is 2.39. The molecular weight excluding hydrogens is 230 g/mol. The molecule has 1 fully saturated rings. The second-order valence-corrected chi connectivity index (χ2v) is 5.51. The average Bonchev–Trinajstić information content (AvgIpc) is 2.82. The summed E-state index contributed by atoms with van der Waals surface area (Å²) >= 11 is 1.69. The smallest absolute Gasteiger partial charge is 0.224 e. The van der Waals surface area contributed by atoms with Crippen LogP contribution in [0.4, 0.5) is 5.69 Å². The van der Waals surface area contributed by atoms with Crippen molar-refractivity contribution in [3.05, 3.63) is 24.3 Å². The maximum Gasteiger partial charge on any atom is 0.224 e. The third-order valence-corrected chi connectivity index (χ3v) is 4.03. The number of amides is 1. The van der Waals surface area contributed by atoms with Crippen LogP contribution in [0, 0.1) is 5.92 Å². The Bertz CT molecular complexity index is 386. The molecule has 0 aliphatic heterocycles. The highest BCUT2D eigenvalue weighted by Crippen LogP contribution is 2.28. The van der Waals surface area contributed by atoms with Crippen molar-refractivity contribution in [3.8, 4) is 0 Å². The molecule has 0 atom stereocenters. The van der Waals surface area contributed by atoms with Crippen molar-refractivity contribution < 1.29 is 4.79 Å². The van der Waals surface area contributed by atoms with E-state index in [1.807, 2.05) is 24.5 Å². The first-order valence-electron chi connectivity index (χ1n) is 6.22. The highest BCUT2D eigenvalue weighted by Gasteiger charge is 2.18. The number of hydrogen-bond acceptors (Lipinski definition) is 2. The van der Waals surface area contributed by atoms with Gasteiger partial charge in [0.05, 0.1) is 0 Å². The lowest BCUT2D eigenvalue weighted by atomic mass is 10.0. The van der Waals surface area contributed by atoms with E-state index in [-0.39, 0.29) is 5.91 Å². The number of benzene rings is 1. The van der Waals surface area contributed by atoms with Gasteiger partial charge in [-0.25, -0.2) is 0 Å². The van der Waals surface area contributed by atoms with Crippen molar-refractivity contribution in [3.63, 3.8) is 0 Å². The van der Waals surface area contributed by atoms with Crippen molar-refractivity contribution in [1.29, 1.82) is 0 Å². The number of carbonyl (C=O) groups is 1. The first-order chi connectivity index (χ1) is 8.28. The van der Waals surface area contributed by atoms with Crippen LogP contribution < -0.4 is 5.32 Å². The zero-order valence-corrected chi connectivity index (χ0v) is 11.1. The molecule has 1 aliphatic carbocycles. The van der Waals surface area contributed by atoms with E-state index >= 15 is 0 Å². The van der Waals surface area contributed by atoms with E-state index in [4.69, 9.17) is 0 Å². The Hall–Kier alpha value is -0.960. The van der Waals surface area contributed by atoms with Crippen LogP contribution in [0.25, 0.3) is 0 Å². The van der Waals surface area contributed by atoms with Gasteiger partial charge >= 0.3 is 0 Å². The molecule has 1 amide bonds. The van der Waals surface area contributed by atoms with Gasteiger partial charge in [0, 0.05) is 17.0 Å². The Labute approximate surface area is 107 Å². The van der Waals surface area contributed by atoms with Crippen molar-refractivity contribution in [2.75, 3.05) is 11.6 Å². The lowest BCUT2D eigenvalue weighted by Crippen LogP contribution is -2.15. The van der Waals surface area contributed by atoms with Gasteiger partial charge < -0.3 is 5.32 Å². The molecule has 1 aliphatic rings. The number of nitrogens with one attached hydrogen (secondary N) is 1. The molecule has 1 N–H and O–H groups in total. The van der Waals surface area contributed by atoms with Gasteiger partial charge in [0.2, 0.25) is 5.91 Å². The van der Waals surface area contributed by atoms with E-state index in [9.17, 15) is 4.79 Å². The van der Waals surface area contributed by atoms with Crippen LogP contribution >= 0.6 is 11.8 Å². The minimum absolute atomic E-state index is 0.162. The predicted octanol–water partition coefficient (Wildman–Crippen LogP) is 3.93. The Kier molecular flexibility index (Phi) is 4.49. The average molecular weight is 249 g/mol. The van der Waals surface area contributed by atoms with Crippen LogP contribution in [0.1, 0.15) is 32.1 Å². The summed E-state index contributed by atoms with van der Waals surface area (Å²) in [6.07, 6.45) is 7.75. The van der Waals surface area contributed by atoms with Crippen molar-refractivity contribution >= 4 is 23.4 Å². The van der Waals surface area contributed by atoms with Crippen molar-refractivity contribution in [2.24, 2.45) is 5.92 Å². The molecule has 0 saturated heterocycles. The molecule has 0 spiro atoms. The number of hydrogen-bond donors (Lipinski definition) is 1. The van der Waals surface area contributed by atoms with Gasteiger partial charge in [-0.15, -0.1) is 11.8 Å². The summed E-state index contributed by atoms with van der Waals surface area (Å²) in [5.41, 5.74) is 0.917. The summed E-state index contributed by atoms with van der Waals surface area (Å²) in [7, 11) is 0. The summed E-state index contributed by atoms with van der Waals surface area (Å²) in [6.45, 7) is 0. The molecule has 0 bridgehead atoms. The molecule has 1 aromatic carbocycles. The zero-order valence-electron chi connectivity index (χ0n) is 10.2. The second kappa shape index (κ2) is 6.10. The quantitative estimate of drug-likeness (QED) is 0.819. The van der Waals surface area contributed by atoms with Crippen molar-refractivity contribution in [2.45, 2.75) is 37.0 Å². The predicted molar refractivity (Wildman–Crippen MR) is 73.4 cm³/mol. The second-order valence-electron chi connectivity index (χ2n) is 4.63. The molecule has 17 heavy (non-hydrogen) atoms. The summed E-state index contributed by atoms with van der Waals surface area (Å²) in [5, 5.41) is 2.99. The van der Waals surface area contributed by atoms with E-state index in [0.29, 0.717) is 12.3 Å². The normalized spacial score (nSPS) is 16.1. The molecular formula is C14H19NOS. The van der Waals surface area contributed by atoms with Gasteiger partial charge in [0.25, 0.3) is 0 Å². The third-order valence-electron chi connectivity index (χ3n) is 3.30. The monoisotopic (exact) mass is 249 g/mol. The summed E-state index contributed by atoms with van der Waals surface area (Å²) in [6, 6.07) is 8.01. The van der Waals surface area contributed by atoms with Gasteiger partial charge in [-0.2, -0.15) is 0 Å². The Morgan fingerprint density at radius 1 is 1.41 bits per heavy atom. The number of anilines is 1. The van der Waals surface area contributed by atoms with Gasteiger partial charge in [-0.3, -0.25) is 4.79 Å². The molecule has 3 heteroatoms. The minimum atomic E-state index is 0.162. The van der Waals surface area contributed by atoms with Gasteiger partial charge in [-0.05, 0) is 43.2 Å².